The summed E-state index contributed by atoms with van der Waals surface area (Å²) in [6.07, 6.45) is 2.60. The first-order valence-corrected chi connectivity index (χ1v) is 6.95. The van der Waals surface area contributed by atoms with E-state index in [0.717, 1.165) is 22.2 Å². The molecule has 0 atom stereocenters. The number of piperidine rings is 1. The summed E-state index contributed by atoms with van der Waals surface area (Å²) >= 11 is 5.02. The van der Waals surface area contributed by atoms with E-state index >= 15 is 0 Å². The maximum absolute atomic E-state index is 4.32. The summed E-state index contributed by atoms with van der Waals surface area (Å²) in [4.78, 5) is 6.72. The minimum atomic E-state index is 0.809. The molecule has 0 spiro atoms. The molecule has 1 saturated heterocycles. The van der Waals surface area contributed by atoms with Crippen LogP contribution < -0.4 is 5.32 Å². The summed E-state index contributed by atoms with van der Waals surface area (Å²) in [6.45, 7) is 3.52. The quantitative estimate of drug-likeness (QED) is 0.927. The smallest absolute Gasteiger partial charge is 0.183 e. The molecule has 84 valence electrons. The summed E-state index contributed by atoms with van der Waals surface area (Å²) in [7, 11) is 2.20. The Hall–Kier alpha value is -0.130. The van der Waals surface area contributed by atoms with E-state index in [1.165, 1.54) is 25.9 Å². The summed E-state index contributed by atoms with van der Waals surface area (Å²) in [5.41, 5.74) is 0. The van der Waals surface area contributed by atoms with Gasteiger partial charge in [-0.15, -0.1) is 11.3 Å². The predicted molar refractivity (Wildman–Crippen MR) is 68.5 cm³/mol. The van der Waals surface area contributed by atoms with E-state index in [4.69, 9.17) is 0 Å². The monoisotopic (exact) mass is 289 g/mol. The maximum atomic E-state index is 4.32. The van der Waals surface area contributed by atoms with Crippen LogP contribution in [0.4, 0.5) is 5.13 Å². The Bertz CT molecular complexity index is 307. The number of likely N-dealkylation sites (tertiary alicyclic amines) is 1. The van der Waals surface area contributed by atoms with Gasteiger partial charge in [-0.2, -0.15) is 0 Å². The van der Waals surface area contributed by atoms with Crippen molar-refractivity contribution < 1.29 is 0 Å². The SMILES string of the molecule is CN1CCC(CNc2nc(Br)cs2)CC1. The molecule has 1 aromatic heterocycles. The van der Waals surface area contributed by atoms with Crippen LogP contribution >= 0.6 is 27.3 Å². The minimum absolute atomic E-state index is 0.809. The normalized spacial score (nSPS) is 19.3. The molecular weight excluding hydrogens is 274 g/mol. The van der Waals surface area contributed by atoms with Crippen molar-refractivity contribution >= 4 is 32.4 Å². The first-order chi connectivity index (χ1) is 7.24. The zero-order valence-electron chi connectivity index (χ0n) is 8.87. The van der Waals surface area contributed by atoms with Crippen LogP contribution in [0.25, 0.3) is 0 Å². The first kappa shape index (κ1) is 11.4. The van der Waals surface area contributed by atoms with E-state index in [-0.39, 0.29) is 0 Å². The van der Waals surface area contributed by atoms with Gasteiger partial charge < -0.3 is 10.2 Å². The van der Waals surface area contributed by atoms with Crippen molar-refractivity contribution in [2.45, 2.75) is 12.8 Å². The molecule has 3 nitrogen and oxygen atoms in total. The van der Waals surface area contributed by atoms with Crippen molar-refractivity contribution in [1.29, 1.82) is 0 Å². The molecule has 1 aliphatic heterocycles. The van der Waals surface area contributed by atoms with Crippen molar-refractivity contribution in [3.63, 3.8) is 0 Å². The average Bonchev–Trinajstić information content (AvgIpc) is 2.64. The second kappa shape index (κ2) is 5.27. The number of hydrogen-bond donors (Lipinski definition) is 1. The Balaban J connectivity index is 1.74. The fourth-order valence-corrected chi connectivity index (χ4v) is 2.99. The van der Waals surface area contributed by atoms with E-state index in [1.54, 1.807) is 11.3 Å². The Morgan fingerprint density at radius 3 is 2.93 bits per heavy atom. The van der Waals surface area contributed by atoms with Gasteiger partial charge in [0.2, 0.25) is 0 Å². The van der Waals surface area contributed by atoms with Crippen LogP contribution in [0.5, 0.6) is 0 Å². The second-order valence-electron chi connectivity index (χ2n) is 4.10. The number of rotatable bonds is 3. The molecule has 1 N–H and O–H groups in total. The molecule has 5 heteroatoms. The number of nitrogens with zero attached hydrogens (tertiary/aromatic N) is 2. The maximum Gasteiger partial charge on any atom is 0.183 e. The fraction of sp³-hybridized carbons (Fsp3) is 0.700. The number of hydrogen-bond acceptors (Lipinski definition) is 4. The Morgan fingerprint density at radius 1 is 1.60 bits per heavy atom. The molecule has 0 bridgehead atoms. The van der Waals surface area contributed by atoms with Crippen LogP contribution in [-0.4, -0.2) is 36.6 Å². The number of aromatic nitrogens is 1. The minimum Gasteiger partial charge on any atom is -0.361 e. The summed E-state index contributed by atoms with van der Waals surface area (Å²) in [5.74, 6) is 0.809. The number of nitrogens with one attached hydrogen (secondary N) is 1. The molecule has 2 rings (SSSR count). The predicted octanol–water partition coefficient (Wildman–Crippen LogP) is 2.66. The molecule has 15 heavy (non-hydrogen) atoms. The highest BCUT2D eigenvalue weighted by molar-refractivity contribution is 9.10. The number of halogens is 1. The van der Waals surface area contributed by atoms with E-state index in [0.29, 0.717) is 0 Å². The molecule has 0 aliphatic carbocycles. The zero-order chi connectivity index (χ0) is 10.7. The van der Waals surface area contributed by atoms with Crippen LogP contribution in [0, 0.1) is 5.92 Å². The van der Waals surface area contributed by atoms with Gasteiger partial charge in [-0.05, 0) is 54.8 Å². The van der Waals surface area contributed by atoms with Crippen molar-refractivity contribution in [3.8, 4) is 0 Å². The van der Waals surface area contributed by atoms with Crippen LogP contribution in [0.2, 0.25) is 0 Å². The van der Waals surface area contributed by atoms with Gasteiger partial charge in [0.05, 0.1) is 0 Å². The molecule has 0 saturated carbocycles. The van der Waals surface area contributed by atoms with Gasteiger partial charge in [0, 0.05) is 11.9 Å². The lowest BCUT2D eigenvalue weighted by Gasteiger charge is -2.28. The Labute approximate surface area is 103 Å². The van der Waals surface area contributed by atoms with Crippen LogP contribution in [0.1, 0.15) is 12.8 Å². The molecule has 0 radical (unpaired) electrons. The molecule has 1 fully saturated rings. The molecule has 0 amide bonds. The van der Waals surface area contributed by atoms with E-state index < -0.39 is 0 Å². The van der Waals surface area contributed by atoms with E-state index in [1.807, 2.05) is 5.38 Å². The molecule has 2 heterocycles. The largest absolute Gasteiger partial charge is 0.361 e. The lowest BCUT2D eigenvalue weighted by atomic mass is 9.97. The van der Waals surface area contributed by atoms with Gasteiger partial charge in [-0.25, -0.2) is 4.98 Å². The highest BCUT2D eigenvalue weighted by Crippen LogP contribution is 2.21. The van der Waals surface area contributed by atoms with E-state index in [9.17, 15) is 0 Å². The Morgan fingerprint density at radius 2 is 2.33 bits per heavy atom. The summed E-state index contributed by atoms with van der Waals surface area (Å²) in [5, 5.41) is 6.45. The highest BCUT2D eigenvalue weighted by Gasteiger charge is 2.16. The highest BCUT2D eigenvalue weighted by atomic mass is 79.9. The topological polar surface area (TPSA) is 28.2 Å². The van der Waals surface area contributed by atoms with Crippen molar-refractivity contribution in [3.05, 3.63) is 9.98 Å². The lowest BCUT2D eigenvalue weighted by molar-refractivity contribution is 0.226. The molecular formula is C10H16BrN3S. The van der Waals surface area contributed by atoms with E-state index in [2.05, 4.69) is 38.2 Å². The van der Waals surface area contributed by atoms with Gasteiger partial charge in [-0.1, -0.05) is 0 Å². The lowest BCUT2D eigenvalue weighted by Crippen LogP contribution is -2.32. The first-order valence-electron chi connectivity index (χ1n) is 5.27. The van der Waals surface area contributed by atoms with Gasteiger partial charge >= 0.3 is 0 Å². The van der Waals surface area contributed by atoms with Crippen molar-refractivity contribution in [2.75, 3.05) is 32.0 Å². The summed E-state index contributed by atoms with van der Waals surface area (Å²) in [6, 6.07) is 0. The number of anilines is 1. The van der Waals surface area contributed by atoms with Crippen LogP contribution in [-0.2, 0) is 0 Å². The third-order valence-electron chi connectivity index (χ3n) is 2.86. The van der Waals surface area contributed by atoms with Crippen molar-refractivity contribution in [2.24, 2.45) is 5.92 Å². The summed E-state index contributed by atoms with van der Waals surface area (Å²) < 4.78 is 0.929. The van der Waals surface area contributed by atoms with Crippen molar-refractivity contribution in [1.82, 2.24) is 9.88 Å². The second-order valence-corrected chi connectivity index (χ2v) is 5.77. The van der Waals surface area contributed by atoms with Crippen LogP contribution in [0.15, 0.2) is 9.98 Å². The van der Waals surface area contributed by atoms with Gasteiger partial charge in [0.1, 0.15) is 4.60 Å². The van der Waals surface area contributed by atoms with Gasteiger partial charge in [0.25, 0.3) is 0 Å². The fourth-order valence-electron chi connectivity index (χ4n) is 1.83. The molecule has 1 aliphatic rings. The molecule has 0 aromatic carbocycles. The van der Waals surface area contributed by atoms with Crippen LogP contribution in [0.3, 0.4) is 0 Å². The third kappa shape index (κ3) is 3.43. The Kier molecular flexibility index (Phi) is 3.99. The van der Waals surface area contributed by atoms with Gasteiger partial charge in [-0.3, -0.25) is 0 Å². The zero-order valence-corrected chi connectivity index (χ0v) is 11.3. The third-order valence-corrected chi connectivity index (χ3v) is 4.37. The molecule has 1 aromatic rings. The molecule has 0 unspecified atom stereocenters. The number of thiazole rings is 1. The average molecular weight is 290 g/mol. The standard InChI is InChI=1S/C10H16BrN3S/c1-14-4-2-8(3-5-14)6-12-10-13-9(11)7-15-10/h7-8H,2-6H2,1H3,(H,12,13). The van der Waals surface area contributed by atoms with Gasteiger partial charge in [0.15, 0.2) is 5.13 Å².